The molecular weight excluding hydrogens is 284 g/mol. The first-order valence-corrected chi connectivity index (χ1v) is 7.75. The van der Waals surface area contributed by atoms with Crippen molar-refractivity contribution in [1.29, 1.82) is 0 Å². The fourth-order valence-corrected chi connectivity index (χ4v) is 3.45. The first-order valence-electron chi connectivity index (χ1n) is 6.87. The average molecular weight is 300 g/mol. The first kappa shape index (κ1) is 13.8. The first-order chi connectivity index (χ1) is 10.1. The number of nitrogens with zero attached hydrogens (tertiary/aromatic N) is 1. The summed E-state index contributed by atoms with van der Waals surface area (Å²) in [6.45, 7) is 1.04. The molecule has 3 rings (SSSR count). The van der Waals surface area contributed by atoms with E-state index in [0.29, 0.717) is 24.4 Å². The van der Waals surface area contributed by atoms with Crippen LogP contribution in [0.5, 0.6) is 0 Å². The van der Waals surface area contributed by atoms with Gasteiger partial charge in [0.15, 0.2) is 0 Å². The van der Waals surface area contributed by atoms with Gasteiger partial charge in [-0.2, -0.15) is 0 Å². The maximum absolute atomic E-state index is 12.4. The summed E-state index contributed by atoms with van der Waals surface area (Å²) < 4.78 is 0. The predicted molar refractivity (Wildman–Crippen MR) is 83.0 cm³/mol. The van der Waals surface area contributed by atoms with Crippen molar-refractivity contribution in [2.75, 3.05) is 13.1 Å². The minimum Gasteiger partial charge on any atom is -0.369 e. The number of amides is 2. The molecule has 1 aliphatic rings. The Labute approximate surface area is 127 Å². The Morgan fingerprint density at radius 3 is 2.62 bits per heavy atom. The lowest BCUT2D eigenvalue weighted by Crippen LogP contribution is -2.31. The number of carbonyl (C=O) groups excluding carboxylic acids is 2. The third-order valence-electron chi connectivity index (χ3n) is 3.80. The molecule has 1 fully saturated rings. The lowest BCUT2D eigenvalue weighted by atomic mass is 10.1. The van der Waals surface area contributed by atoms with Gasteiger partial charge in [-0.15, -0.1) is 11.3 Å². The number of thiophene rings is 1. The molecule has 0 aliphatic carbocycles. The molecular formula is C16H16N2O2S. The molecule has 5 heteroatoms. The van der Waals surface area contributed by atoms with E-state index in [-0.39, 0.29) is 17.7 Å². The summed E-state index contributed by atoms with van der Waals surface area (Å²) in [5.74, 6) is -0.533. The van der Waals surface area contributed by atoms with Crippen molar-refractivity contribution in [1.82, 2.24) is 4.90 Å². The number of nitrogens with two attached hydrogens (primary N) is 1. The molecule has 0 unspecified atom stereocenters. The Kier molecular flexibility index (Phi) is 3.75. The van der Waals surface area contributed by atoms with Crippen LogP contribution in [0.15, 0.2) is 41.8 Å². The Morgan fingerprint density at radius 2 is 1.95 bits per heavy atom. The molecule has 1 aromatic carbocycles. The van der Waals surface area contributed by atoms with E-state index in [1.165, 1.54) is 11.3 Å². The monoisotopic (exact) mass is 300 g/mol. The van der Waals surface area contributed by atoms with E-state index in [4.69, 9.17) is 5.73 Å². The molecule has 2 N–H and O–H groups in total. The van der Waals surface area contributed by atoms with Gasteiger partial charge >= 0.3 is 0 Å². The van der Waals surface area contributed by atoms with Crippen molar-refractivity contribution in [2.45, 2.75) is 6.42 Å². The third-order valence-corrected chi connectivity index (χ3v) is 4.71. The van der Waals surface area contributed by atoms with Crippen LogP contribution in [0.1, 0.15) is 16.1 Å². The normalized spacial score (nSPS) is 17.9. The fraction of sp³-hybridized carbons (Fsp3) is 0.250. The van der Waals surface area contributed by atoms with Crippen molar-refractivity contribution < 1.29 is 9.59 Å². The number of carbonyl (C=O) groups is 2. The summed E-state index contributed by atoms with van der Waals surface area (Å²) in [6, 6.07) is 11.9. The molecule has 1 aliphatic heterocycles. The van der Waals surface area contributed by atoms with Crippen molar-refractivity contribution in [3.05, 3.63) is 46.7 Å². The molecule has 1 aromatic heterocycles. The van der Waals surface area contributed by atoms with Crippen LogP contribution in [0.4, 0.5) is 0 Å². The molecule has 2 aromatic rings. The Hall–Kier alpha value is -2.14. The molecule has 0 saturated carbocycles. The van der Waals surface area contributed by atoms with Gasteiger partial charge in [0.05, 0.1) is 10.8 Å². The maximum atomic E-state index is 12.4. The smallest absolute Gasteiger partial charge is 0.263 e. The van der Waals surface area contributed by atoms with Crippen LogP contribution < -0.4 is 5.73 Å². The molecule has 2 heterocycles. The van der Waals surface area contributed by atoms with E-state index in [9.17, 15) is 9.59 Å². The molecule has 0 bridgehead atoms. The average Bonchev–Trinajstić information content (AvgIpc) is 3.17. The third kappa shape index (κ3) is 2.83. The van der Waals surface area contributed by atoms with Crippen molar-refractivity contribution in [3.8, 4) is 11.1 Å². The molecule has 0 spiro atoms. The second-order valence-corrected chi connectivity index (χ2v) is 6.12. The molecule has 21 heavy (non-hydrogen) atoms. The summed E-state index contributed by atoms with van der Waals surface area (Å²) in [5, 5.41) is 1.99. The second kappa shape index (κ2) is 5.69. The maximum Gasteiger partial charge on any atom is 0.263 e. The second-order valence-electron chi connectivity index (χ2n) is 5.20. The SMILES string of the molecule is NC(=O)[C@@H]1CCN(C(=O)c2cc(-c3ccccc3)cs2)C1. The van der Waals surface area contributed by atoms with E-state index in [0.717, 1.165) is 11.1 Å². The Bertz CT molecular complexity index is 666. The van der Waals surface area contributed by atoms with E-state index >= 15 is 0 Å². The van der Waals surface area contributed by atoms with Gasteiger partial charge < -0.3 is 10.6 Å². The highest BCUT2D eigenvalue weighted by molar-refractivity contribution is 7.12. The van der Waals surface area contributed by atoms with Crippen LogP contribution in [-0.2, 0) is 4.79 Å². The summed E-state index contributed by atoms with van der Waals surface area (Å²) in [5.41, 5.74) is 7.46. The van der Waals surface area contributed by atoms with Gasteiger partial charge in [-0.1, -0.05) is 30.3 Å². The van der Waals surface area contributed by atoms with Crippen molar-refractivity contribution in [3.63, 3.8) is 0 Å². The number of hydrogen-bond acceptors (Lipinski definition) is 3. The zero-order valence-corrected chi connectivity index (χ0v) is 12.3. The van der Waals surface area contributed by atoms with Crippen LogP contribution in [0.2, 0.25) is 0 Å². The van der Waals surface area contributed by atoms with Gasteiger partial charge in [-0.3, -0.25) is 9.59 Å². The highest BCUT2D eigenvalue weighted by atomic mass is 32.1. The van der Waals surface area contributed by atoms with Gasteiger partial charge in [-0.05, 0) is 29.0 Å². The fourth-order valence-electron chi connectivity index (χ4n) is 2.56. The topological polar surface area (TPSA) is 63.4 Å². The van der Waals surface area contributed by atoms with E-state index < -0.39 is 0 Å². The quantitative estimate of drug-likeness (QED) is 0.945. The minimum absolute atomic E-state index is 0.00840. The van der Waals surface area contributed by atoms with Crippen LogP contribution in [0, 0.1) is 5.92 Å². The largest absolute Gasteiger partial charge is 0.369 e. The van der Waals surface area contributed by atoms with E-state index in [2.05, 4.69) is 0 Å². The molecule has 4 nitrogen and oxygen atoms in total. The summed E-state index contributed by atoms with van der Waals surface area (Å²) >= 11 is 1.44. The number of likely N-dealkylation sites (tertiary alicyclic amines) is 1. The number of hydrogen-bond donors (Lipinski definition) is 1. The summed E-state index contributed by atoms with van der Waals surface area (Å²) in [4.78, 5) is 26.1. The van der Waals surface area contributed by atoms with Crippen LogP contribution >= 0.6 is 11.3 Å². The molecule has 1 saturated heterocycles. The van der Waals surface area contributed by atoms with Crippen molar-refractivity contribution in [2.24, 2.45) is 11.7 Å². The zero-order chi connectivity index (χ0) is 14.8. The highest BCUT2D eigenvalue weighted by Gasteiger charge is 2.30. The Balaban J connectivity index is 1.75. The van der Waals surface area contributed by atoms with Crippen LogP contribution in [0.3, 0.4) is 0 Å². The van der Waals surface area contributed by atoms with Gasteiger partial charge in [0, 0.05) is 13.1 Å². The van der Waals surface area contributed by atoms with Gasteiger partial charge in [0.25, 0.3) is 5.91 Å². The van der Waals surface area contributed by atoms with E-state index in [1.54, 1.807) is 4.90 Å². The lowest BCUT2D eigenvalue weighted by molar-refractivity contribution is -0.121. The highest BCUT2D eigenvalue weighted by Crippen LogP contribution is 2.27. The summed E-state index contributed by atoms with van der Waals surface area (Å²) in [6.07, 6.45) is 0.665. The number of primary amides is 1. The number of benzene rings is 1. The zero-order valence-electron chi connectivity index (χ0n) is 11.5. The molecule has 2 amide bonds. The van der Waals surface area contributed by atoms with Gasteiger partial charge in [0.1, 0.15) is 0 Å². The van der Waals surface area contributed by atoms with Gasteiger partial charge in [-0.25, -0.2) is 0 Å². The Morgan fingerprint density at radius 1 is 1.19 bits per heavy atom. The summed E-state index contributed by atoms with van der Waals surface area (Å²) in [7, 11) is 0. The predicted octanol–water partition coefficient (Wildman–Crippen LogP) is 2.36. The van der Waals surface area contributed by atoms with Gasteiger partial charge in [0.2, 0.25) is 5.91 Å². The van der Waals surface area contributed by atoms with Crippen LogP contribution in [-0.4, -0.2) is 29.8 Å². The molecule has 0 radical (unpaired) electrons. The van der Waals surface area contributed by atoms with Crippen molar-refractivity contribution >= 4 is 23.2 Å². The standard InChI is InChI=1S/C16H16N2O2S/c17-15(19)12-6-7-18(9-12)16(20)14-8-13(10-21-14)11-4-2-1-3-5-11/h1-5,8,10,12H,6-7,9H2,(H2,17,19)/t12-/m1/s1. The minimum atomic E-state index is -0.318. The lowest BCUT2D eigenvalue weighted by Gasteiger charge is -2.14. The van der Waals surface area contributed by atoms with E-state index in [1.807, 2.05) is 41.8 Å². The molecule has 1 atom stereocenters. The van der Waals surface area contributed by atoms with Crippen LogP contribution in [0.25, 0.3) is 11.1 Å². The molecule has 108 valence electrons. The number of rotatable bonds is 3.